The molecule has 114 valence electrons. The molecular formula is C18H25NO2. The quantitative estimate of drug-likeness (QED) is 0.926. The Morgan fingerprint density at radius 1 is 1.19 bits per heavy atom. The summed E-state index contributed by atoms with van der Waals surface area (Å²) in [4.78, 5) is 12.6. The summed E-state index contributed by atoms with van der Waals surface area (Å²) in [6, 6.07) is 8.37. The number of hydrogen-bond donors (Lipinski definition) is 1. The molecule has 2 aliphatic rings. The van der Waals surface area contributed by atoms with Crippen molar-refractivity contribution in [3.05, 3.63) is 35.4 Å². The van der Waals surface area contributed by atoms with Crippen molar-refractivity contribution in [1.82, 2.24) is 0 Å². The highest BCUT2D eigenvalue weighted by molar-refractivity contribution is 5.81. The summed E-state index contributed by atoms with van der Waals surface area (Å²) in [7, 11) is 0. The van der Waals surface area contributed by atoms with Gasteiger partial charge >= 0.3 is 0 Å². The van der Waals surface area contributed by atoms with Crippen LogP contribution in [-0.4, -0.2) is 18.9 Å². The molecule has 0 bridgehead atoms. The molecule has 3 nitrogen and oxygen atoms in total. The molecule has 1 fully saturated rings. The van der Waals surface area contributed by atoms with E-state index in [0.29, 0.717) is 18.1 Å². The number of benzene rings is 1. The van der Waals surface area contributed by atoms with Gasteiger partial charge in [-0.1, -0.05) is 24.3 Å². The van der Waals surface area contributed by atoms with Crippen LogP contribution in [-0.2, 0) is 16.0 Å². The molecule has 3 rings (SSSR count). The monoisotopic (exact) mass is 287 g/mol. The molecule has 1 unspecified atom stereocenters. The van der Waals surface area contributed by atoms with Crippen LogP contribution in [0.4, 0.5) is 0 Å². The van der Waals surface area contributed by atoms with Crippen LogP contribution < -0.4 is 5.73 Å². The Labute approximate surface area is 126 Å². The SMILES string of the molecule is NCC1CCC(C(=O)CC2OCCc3ccccc32)CC1. The van der Waals surface area contributed by atoms with Gasteiger partial charge in [0.15, 0.2) is 0 Å². The van der Waals surface area contributed by atoms with Crippen LogP contribution in [0.1, 0.15) is 49.3 Å². The van der Waals surface area contributed by atoms with E-state index in [2.05, 4.69) is 18.2 Å². The fraction of sp³-hybridized carbons (Fsp3) is 0.611. The van der Waals surface area contributed by atoms with Crippen LogP contribution in [0.3, 0.4) is 0 Å². The number of nitrogens with two attached hydrogens (primary N) is 1. The molecule has 1 aromatic rings. The van der Waals surface area contributed by atoms with E-state index in [1.807, 2.05) is 6.07 Å². The van der Waals surface area contributed by atoms with E-state index < -0.39 is 0 Å². The highest BCUT2D eigenvalue weighted by atomic mass is 16.5. The standard InChI is InChI=1S/C18H25NO2/c19-12-13-5-7-15(8-6-13)17(20)11-18-16-4-2-1-3-14(16)9-10-21-18/h1-4,13,15,18H,5-12,19H2. The van der Waals surface area contributed by atoms with E-state index in [1.54, 1.807) is 0 Å². The van der Waals surface area contributed by atoms with Crippen molar-refractivity contribution >= 4 is 5.78 Å². The van der Waals surface area contributed by atoms with E-state index in [-0.39, 0.29) is 12.0 Å². The number of ether oxygens (including phenoxy) is 1. The molecule has 3 heteroatoms. The molecule has 0 amide bonds. The summed E-state index contributed by atoms with van der Waals surface area (Å²) in [5, 5.41) is 0. The van der Waals surface area contributed by atoms with Gasteiger partial charge in [-0.2, -0.15) is 0 Å². The van der Waals surface area contributed by atoms with Gasteiger partial charge in [0.2, 0.25) is 0 Å². The third-order valence-electron chi connectivity index (χ3n) is 5.11. The van der Waals surface area contributed by atoms with Crippen LogP contribution in [0.15, 0.2) is 24.3 Å². The number of hydrogen-bond acceptors (Lipinski definition) is 3. The van der Waals surface area contributed by atoms with Crippen LogP contribution >= 0.6 is 0 Å². The molecule has 1 aromatic carbocycles. The van der Waals surface area contributed by atoms with Gasteiger partial charge in [-0.15, -0.1) is 0 Å². The lowest BCUT2D eigenvalue weighted by Gasteiger charge is -2.30. The van der Waals surface area contributed by atoms with Crippen molar-refractivity contribution in [1.29, 1.82) is 0 Å². The third kappa shape index (κ3) is 3.35. The summed E-state index contributed by atoms with van der Waals surface area (Å²) in [5.74, 6) is 1.23. The average molecular weight is 287 g/mol. The largest absolute Gasteiger partial charge is 0.373 e. The number of Topliss-reactive ketones (excluding diaryl/α,β-unsaturated/α-hetero) is 1. The maximum Gasteiger partial charge on any atom is 0.138 e. The van der Waals surface area contributed by atoms with Crippen molar-refractivity contribution in [3.8, 4) is 0 Å². The van der Waals surface area contributed by atoms with Gasteiger partial charge in [0.1, 0.15) is 5.78 Å². The first-order valence-corrected chi connectivity index (χ1v) is 8.20. The smallest absolute Gasteiger partial charge is 0.138 e. The first-order valence-electron chi connectivity index (χ1n) is 8.20. The number of carbonyl (C=O) groups excluding carboxylic acids is 1. The highest BCUT2D eigenvalue weighted by Gasteiger charge is 2.29. The zero-order chi connectivity index (χ0) is 14.7. The van der Waals surface area contributed by atoms with E-state index in [0.717, 1.165) is 45.3 Å². The molecule has 0 saturated heterocycles. The summed E-state index contributed by atoms with van der Waals surface area (Å²) in [6.07, 6.45) is 5.70. The first kappa shape index (κ1) is 14.7. The summed E-state index contributed by atoms with van der Waals surface area (Å²) >= 11 is 0. The summed E-state index contributed by atoms with van der Waals surface area (Å²) in [5.41, 5.74) is 8.28. The lowest BCUT2D eigenvalue weighted by molar-refractivity contribution is -0.127. The molecule has 1 atom stereocenters. The molecule has 0 aromatic heterocycles. The number of carbonyl (C=O) groups is 1. The lowest BCUT2D eigenvalue weighted by atomic mass is 9.78. The number of ketones is 1. The average Bonchev–Trinajstić information content (AvgIpc) is 2.55. The van der Waals surface area contributed by atoms with Crippen molar-refractivity contribution < 1.29 is 9.53 Å². The van der Waals surface area contributed by atoms with Gasteiger partial charge < -0.3 is 10.5 Å². The van der Waals surface area contributed by atoms with E-state index in [4.69, 9.17) is 10.5 Å². The molecule has 21 heavy (non-hydrogen) atoms. The third-order valence-corrected chi connectivity index (χ3v) is 5.11. The van der Waals surface area contributed by atoms with Gasteiger partial charge in [-0.05, 0) is 55.7 Å². The van der Waals surface area contributed by atoms with Gasteiger partial charge in [0.25, 0.3) is 0 Å². The number of fused-ring (bicyclic) bond motifs is 1. The fourth-order valence-electron chi connectivity index (χ4n) is 3.72. The molecule has 1 saturated carbocycles. The normalized spacial score (nSPS) is 28.9. The molecule has 1 heterocycles. The second kappa shape index (κ2) is 6.71. The minimum absolute atomic E-state index is 0.0327. The Morgan fingerprint density at radius 3 is 2.71 bits per heavy atom. The summed E-state index contributed by atoms with van der Waals surface area (Å²) < 4.78 is 5.87. The van der Waals surface area contributed by atoms with Gasteiger partial charge in [-0.25, -0.2) is 0 Å². The second-order valence-corrected chi connectivity index (χ2v) is 6.43. The Kier molecular flexibility index (Phi) is 4.71. The van der Waals surface area contributed by atoms with Crippen LogP contribution in [0, 0.1) is 11.8 Å². The topological polar surface area (TPSA) is 52.3 Å². The van der Waals surface area contributed by atoms with E-state index >= 15 is 0 Å². The van der Waals surface area contributed by atoms with Crippen molar-refractivity contribution in [2.45, 2.75) is 44.6 Å². The second-order valence-electron chi connectivity index (χ2n) is 6.43. The zero-order valence-electron chi connectivity index (χ0n) is 12.6. The fourth-order valence-corrected chi connectivity index (χ4v) is 3.72. The van der Waals surface area contributed by atoms with Gasteiger partial charge in [0, 0.05) is 12.3 Å². The molecular weight excluding hydrogens is 262 g/mol. The molecule has 0 spiro atoms. The first-order chi connectivity index (χ1) is 10.3. The summed E-state index contributed by atoms with van der Waals surface area (Å²) in [6.45, 7) is 1.49. The lowest BCUT2D eigenvalue weighted by Crippen LogP contribution is -2.28. The number of rotatable bonds is 4. The van der Waals surface area contributed by atoms with Crippen LogP contribution in [0.2, 0.25) is 0 Å². The highest BCUT2D eigenvalue weighted by Crippen LogP contribution is 2.34. The Bertz CT molecular complexity index is 492. The van der Waals surface area contributed by atoms with Crippen molar-refractivity contribution in [2.75, 3.05) is 13.2 Å². The minimum atomic E-state index is -0.0327. The molecule has 1 aliphatic carbocycles. The molecule has 0 radical (unpaired) electrons. The zero-order valence-corrected chi connectivity index (χ0v) is 12.6. The van der Waals surface area contributed by atoms with Gasteiger partial charge in [-0.3, -0.25) is 4.79 Å². The maximum atomic E-state index is 12.6. The molecule has 2 N–H and O–H groups in total. The maximum absolute atomic E-state index is 12.6. The van der Waals surface area contributed by atoms with Crippen LogP contribution in [0.25, 0.3) is 0 Å². The van der Waals surface area contributed by atoms with E-state index in [1.165, 1.54) is 11.1 Å². The Balaban J connectivity index is 1.61. The van der Waals surface area contributed by atoms with Crippen molar-refractivity contribution in [2.24, 2.45) is 17.6 Å². The van der Waals surface area contributed by atoms with E-state index in [9.17, 15) is 4.79 Å². The predicted molar refractivity (Wildman–Crippen MR) is 83.0 cm³/mol. The predicted octanol–water partition coefficient (Wildman–Crippen LogP) is 3.02. The Morgan fingerprint density at radius 2 is 1.95 bits per heavy atom. The minimum Gasteiger partial charge on any atom is -0.373 e. The Hall–Kier alpha value is -1.19. The molecule has 1 aliphatic heterocycles. The van der Waals surface area contributed by atoms with Crippen LogP contribution in [0.5, 0.6) is 0 Å². The van der Waals surface area contributed by atoms with Crippen molar-refractivity contribution in [3.63, 3.8) is 0 Å². The van der Waals surface area contributed by atoms with Gasteiger partial charge in [0.05, 0.1) is 12.7 Å².